The highest BCUT2D eigenvalue weighted by Gasteiger charge is 2.10. The molecule has 3 N–H and O–H groups in total. The number of halogens is 1. The Bertz CT molecular complexity index is 882. The molecule has 0 aliphatic rings. The molecule has 2 rings (SSSR count). The van der Waals surface area contributed by atoms with Crippen molar-refractivity contribution < 1.29 is 23.9 Å². The zero-order valence-electron chi connectivity index (χ0n) is 15.7. The number of nitrogens with one attached hydrogen (secondary N) is 3. The molecule has 0 heterocycles. The Balaban J connectivity index is 1.75. The van der Waals surface area contributed by atoms with Gasteiger partial charge in [0.2, 0.25) is 5.91 Å². The van der Waals surface area contributed by atoms with Crippen LogP contribution in [-0.4, -0.2) is 43.9 Å². The Kier molecular flexibility index (Phi) is 8.35. The second-order valence-corrected chi connectivity index (χ2v) is 6.81. The number of methoxy groups -OCH3 is 1. The normalized spacial score (nSPS) is 10.0. The minimum atomic E-state index is -0.547. The molecule has 0 saturated carbocycles. The van der Waals surface area contributed by atoms with Gasteiger partial charge in [-0.2, -0.15) is 0 Å². The lowest BCUT2D eigenvalue weighted by Crippen LogP contribution is -2.30. The molecule has 152 valence electrons. The van der Waals surface area contributed by atoms with Gasteiger partial charge in [-0.15, -0.1) is 0 Å². The van der Waals surface area contributed by atoms with Crippen molar-refractivity contribution in [1.82, 2.24) is 10.6 Å². The van der Waals surface area contributed by atoms with Crippen molar-refractivity contribution in [1.29, 1.82) is 0 Å². The van der Waals surface area contributed by atoms with Gasteiger partial charge in [0.25, 0.3) is 11.8 Å². The molecule has 9 heteroatoms. The number of hydrogen-bond acceptors (Lipinski definition) is 5. The minimum absolute atomic E-state index is 0.101. The van der Waals surface area contributed by atoms with Crippen LogP contribution in [0.2, 0.25) is 0 Å². The van der Waals surface area contributed by atoms with E-state index in [9.17, 15) is 19.2 Å². The molecule has 2 aromatic carbocycles. The number of carbonyl (C=O) groups excluding carboxylic acids is 4. The van der Waals surface area contributed by atoms with E-state index in [1.54, 1.807) is 36.4 Å². The lowest BCUT2D eigenvalue weighted by atomic mass is 10.2. The Labute approximate surface area is 176 Å². The van der Waals surface area contributed by atoms with Crippen molar-refractivity contribution in [3.63, 3.8) is 0 Å². The van der Waals surface area contributed by atoms with Gasteiger partial charge in [-0.1, -0.05) is 15.9 Å². The summed E-state index contributed by atoms with van der Waals surface area (Å²) in [5, 5.41) is 7.79. The van der Waals surface area contributed by atoms with E-state index in [4.69, 9.17) is 0 Å². The molecule has 2 aromatic rings. The highest BCUT2D eigenvalue weighted by molar-refractivity contribution is 9.10. The third kappa shape index (κ3) is 7.38. The van der Waals surface area contributed by atoms with E-state index in [-0.39, 0.29) is 31.3 Å². The van der Waals surface area contributed by atoms with E-state index in [1.807, 2.05) is 0 Å². The first-order valence-electron chi connectivity index (χ1n) is 8.67. The first kappa shape index (κ1) is 22.1. The summed E-state index contributed by atoms with van der Waals surface area (Å²) in [6, 6.07) is 13.1. The van der Waals surface area contributed by atoms with Gasteiger partial charge in [0.1, 0.15) is 6.54 Å². The van der Waals surface area contributed by atoms with E-state index < -0.39 is 11.9 Å². The number of rotatable bonds is 8. The number of ether oxygens (including phenoxy) is 1. The molecule has 0 bridgehead atoms. The van der Waals surface area contributed by atoms with Crippen LogP contribution >= 0.6 is 15.9 Å². The number of benzene rings is 2. The van der Waals surface area contributed by atoms with Crippen molar-refractivity contribution in [3.8, 4) is 0 Å². The first-order chi connectivity index (χ1) is 13.9. The zero-order valence-corrected chi connectivity index (χ0v) is 17.2. The van der Waals surface area contributed by atoms with Crippen LogP contribution in [-0.2, 0) is 14.3 Å². The fourth-order valence-corrected chi connectivity index (χ4v) is 2.51. The lowest BCUT2D eigenvalue weighted by molar-refractivity contribution is -0.139. The van der Waals surface area contributed by atoms with Gasteiger partial charge in [-0.05, 0) is 48.5 Å². The number of anilines is 1. The molecule has 0 spiro atoms. The summed E-state index contributed by atoms with van der Waals surface area (Å²) in [4.78, 5) is 46.9. The topological polar surface area (TPSA) is 114 Å². The summed E-state index contributed by atoms with van der Waals surface area (Å²) >= 11 is 3.30. The van der Waals surface area contributed by atoms with Gasteiger partial charge in [0.05, 0.1) is 7.11 Å². The second-order valence-electron chi connectivity index (χ2n) is 5.90. The Hall–Kier alpha value is -3.20. The van der Waals surface area contributed by atoms with Crippen molar-refractivity contribution in [3.05, 3.63) is 64.1 Å². The third-order valence-electron chi connectivity index (χ3n) is 3.80. The minimum Gasteiger partial charge on any atom is -0.468 e. The average Bonchev–Trinajstić information content (AvgIpc) is 2.72. The largest absolute Gasteiger partial charge is 0.468 e. The van der Waals surface area contributed by atoms with Gasteiger partial charge in [-0.25, -0.2) is 0 Å². The van der Waals surface area contributed by atoms with Crippen molar-refractivity contribution in [2.24, 2.45) is 0 Å². The molecule has 0 fully saturated rings. The van der Waals surface area contributed by atoms with Gasteiger partial charge >= 0.3 is 5.97 Å². The molecule has 0 unspecified atom stereocenters. The fourth-order valence-electron chi connectivity index (χ4n) is 2.25. The predicted molar refractivity (Wildman–Crippen MR) is 111 cm³/mol. The number of amides is 3. The Morgan fingerprint density at radius 2 is 1.41 bits per heavy atom. The van der Waals surface area contributed by atoms with Crippen LogP contribution in [0.1, 0.15) is 27.1 Å². The highest BCUT2D eigenvalue weighted by Crippen LogP contribution is 2.11. The third-order valence-corrected chi connectivity index (χ3v) is 4.32. The summed E-state index contributed by atoms with van der Waals surface area (Å²) in [5.74, 6) is -1.50. The molecule has 0 aliphatic carbocycles. The van der Waals surface area contributed by atoms with E-state index >= 15 is 0 Å². The van der Waals surface area contributed by atoms with Crippen LogP contribution in [0, 0.1) is 0 Å². The van der Waals surface area contributed by atoms with E-state index in [2.05, 4.69) is 36.6 Å². The van der Waals surface area contributed by atoms with E-state index in [0.717, 1.165) is 4.47 Å². The molecule has 0 aliphatic heterocycles. The zero-order chi connectivity index (χ0) is 21.2. The van der Waals surface area contributed by atoms with Crippen LogP contribution in [0.4, 0.5) is 5.69 Å². The summed E-state index contributed by atoms with van der Waals surface area (Å²) in [7, 11) is 1.23. The second kappa shape index (κ2) is 11.0. The highest BCUT2D eigenvalue weighted by atomic mass is 79.9. The monoisotopic (exact) mass is 461 g/mol. The average molecular weight is 462 g/mol. The van der Waals surface area contributed by atoms with Crippen LogP contribution in [0.3, 0.4) is 0 Å². The maximum atomic E-state index is 12.0. The number of carbonyl (C=O) groups is 4. The standard InChI is InChI=1S/C20H20BrN3O5/c1-29-18(26)12-23-20(28)14-4-8-16(9-5-14)24-17(25)10-11-22-19(27)13-2-6-15(21)7-3-13/h2-9H,10-12H2,1H3,(H,22,27)(H,23,28)(H,24,25). The molecule has 8 nitrogen and oxygen atoms in total. The van der Waals surface area contributed by atoms with E-state index in [1.165, 1.54) is 19.2 Å². The van der Waals surface area contributed by atoms with Crippen LogP contribution in [0.25, 0.3) is 0 Å². The van der Waals surface area contributed by atoms with Crippen LogP contribution in [0.5, 0.6) is 0 Å². The molecular formula is C20H20BrN3O5. The maximum absolute atomic E-state index is 12.0. The Morgan fingerprint density at radius 1 is 0.862 bits per heavy atom. The van der Waals surface area contributed by atoms with Gasteiger partial charge in [0.15, 0.2) is 0 Å². The molecule has 0 atom stereocenters. The van der Waals surface area contributed by atoms with Crippen molar-refractivity contribution >= 4 is 45.3 Å². The summed E-state index contributed by atoms with van der Waals surface area (Å²) in [6.45, 7) is -0.0332. The number of hydrogen-bond donors (Lipinski definition) is 3. The molecule has 29 heavy (non-hydrogen) atoms. The fraction of sp³-hybridized carbons (Fsp3) is 0.200. The van der Waals surface area contributed by atoms with Crippen LogP contribution < -0.4 is 16.0 Å². The summed E-state index contributed by atoms with van der Waals surface area (Å²) in [5.41, 5.74) is 1.36. The Morgan fingerprint density at radius 3 is 2.00 bits per heavy atom. The molecular weight excluding hydrogens is 442 g/mol. The van der Waals surface area contributed by atoms with Gasteiger partial charge < -0.3 is 20.7 Å². The summed E-state index contributed by atoms with van der Waals surface area (Å²) < 4.78 is 5.32. The SMILES string of the molecule is COC(=O)CNC(=O)c1ccc(NC(=O)CCNC(=O)c2ccc(Br)cc2)cc1. The molecule has 0 radical (unpaired) electrons. The summed E-state index contributed by atoms with van der Waals surface area (Å²) in [6.07, 6.45) is 0.101. The maximum Gasteiger partial charge on any atom is 0.325 e. The lowest BCUT2D eigenvalue weighted by Gasteiger charge is -2.08. The number of esters is 1. The van der Waals surface area contributed by atoms with Gasteiger partial charge in [-0.3, -0.25) is 19.2 Å². The van der Waals surface area contributed by atoms with Crippen molar-refractivity contribution in [2.75, 3.05) is 25.5 Å². The first-order valence-corrected chi connectivity index (χ1v) is 9.47. The van der Waals surface area contributed by atoms with Crippen molar-refractivity contribution in [2.45, 2.75) is 6.42 Å². The molecule has 0 saturated heterocycles. The molecule has 3 amide bonds. The quantitative estimate of drug-likeness (QED) is 0.521. The van der Waals surface area contributed by atoms with E-state index in [0.29, 0.717) is 16.8 Å². The van der Waals surface area contributed by atoms with Gasteiger partial charge in [0, 0.05) is 34.3 Å². The predicted octanol–water partition coefficient (Wildman–Crippen LogP) is 2.11. The smallest absolute Gasteiger partial charge is 0.325 e. The molecule has 0 aromatic heterocycles. The van der Waals surface area contributed by atoms with Crippen LogP contribution in [0.15, 0.2) is 53.0 Å².